The van der Waals surface area contributed by atoms with E-state index >= 15 is 0 Å². The van der Waals surface area contributed by atoms with Crippen molar-refractivity contribution in [1.29, 1.82) is 0 Å². The van der Waals surface area contributed by atoms with Crippen molar-refractivity contribution < 1.29 is 42.6 Å². The molecular weight excluding hydrogens is 817 g/mol. The smallest absolute Gasteiger partial charge is 0.226 e. The Balaban J connectivity index is 1.19. The number of benzene rings is 8. The van der Waals surface area contributed by atoms with Gasteiger partial charge in [-0.2, -0.15) is 0 Å². The van der Waals surface area contributed by atoms with Crippen LogP contribution in [-0.4, -0.2) is 41.7 Å². The Bertz CT molecular complexity index is 2970. The molecule has 9 heteroatoms. The third kappa shape index (κ3) is 7.68. The molecule has 0 aliphatic carbocycles. The molecule has 330 valence electrons. The number of hydrogen-bond acceptors (Lipinski definition) is 9. The summed E-state index contributed by atoms with van der Waals surface area (Å²) in [5.74, 6) is -0.589. The summed E-state index contributed by atoms with van der Waals surface area (Å²) >= 11 is 0. The Hall–Kier alpha value is -6.30. The van der Waals surface area contributed by atoms with Gasteiger partial charge in [-0.25, -0.2) is 0 Å². The number of ether oxygens (including phenoxy) is 9. The van der Waals surface area contributed by atoms with Crippen molar-refractivity contribution >= 4 is 32.3 Å². The summed E-state index contributed by atoms with van der Waals surface area (Å²) in [6, 6.07) is 51.2. The normalized spacial score (nSPS) is 16.8. The van der Waals surface area contributed by atoms with Crippen molar-refractivity contribution in [3.8, 4) is 17.2 Å². The van der Waals surface area contributed by atoms with Crippen molar-refractivity contribution in [3.05, 3.63) is 196 Å². The van der Waals surface area contributed by atoms with Gasteiger partial charge in [0, 0.05) is 41.5 Å². The number of methoxy groups -OCH3 is 4. The highest BCUT2D eigenvalue weighted by Gasteiger charge is 2.42. The van der Waals surface area contributed by atoms with Gasteiger partial charge in [0.25, 0.3) is 0 Å². The number of fused-ring (bicyclic) bond motifs is 7. The Labute approximate surface area is 379 Å². The monoisotopic (exact) mass is 868 g/mol. The lowest BCUT2D eigenvalue weighted by Crippen LogP contribution is -2.34. The second kappa shape index (κ2) is 18.3. The molecule has 0 saturated carbocycles. The molecule has 1 unspecified atom stereocenters. The molecular formula is C56H52O9. The maximum absolute atomic E-state index is 7.08. The molecule has 3 aliphatic heterocycles. The fraction of sp³-hybridized carbons (Fsp3) is 0.250. The van der Waals surface area contributed by atoms with Crippen molar-refractivity contribution in [1.82, 2.24) is 0 Å². The van der Waals surface area contributed by atoms with Crippen LogP contribution in [-0.2, 0) is 59.8 Å². The number of hydrogen-bond donors (Lipinski definition) is 0. The van der Waals surface area contributed by atoms with Crippen LogP contribution in [0.5, 0.6) is 17.2 Å². The molecule has 1 saturated heterocycles. The van der Waals surface area contributed by atoms with Crippen LogP contribution >= 0.6 is 0 Å². The van der Waals surface area contributed by atoms with Gasteiger partial charge in [0.2, 0.25) is 11.6 Å². The van der Waals surface area contributed by atoms with Crippen molar-refractivity contribution in [2.75, 3.05) is 41.7 Å². The minimum Gasteiger partial charge on any atom is -0.496 e. The lowest BCUT2D eigenvalue weighted by atomic mass is 9.91. The Kier molecular flexibility index (Phi) is 12.0. The highest BCUT2D eigenvalue weighted by molar-refractivity contribution is 5.93. The second-order valence-electron chi connectivity index (χ2n) is 16.4. The van der Waals surface area contributed by atoms with Gasteiger partial charge >= 0.3 is 0 Å². The van der Waals surface area contributed by atoms with E-state index in [1.807, 2.05) is 66.7 Å². The van der Waals surface area contributed by atoms with Gasteiger partial charge in [0.05, 0.1) is 57.3 Å². The molecule has 8 aromatic rings. The molecule has 0 N–H and O–H groups in total. The van der Waals surface area contributed by atoms with Crippen LogP contribution in [0.4, 0.5) is 0 Å². The van der Waals surface area contributed by atoms with Gasteiger partial charge in [-0.1, -0.05) is 121 Å². The zero-order valence-corrected chi connectivity index (χ0v) is 37.1. The van der Waals surface area contributed by atoms with E-state index in [4.69, 9.17) is 42.6 Å². The molecule has 3 aliphatic rings. The van der Waals surface area contributed by atoms with E-state index in [0.29, 0.717) is 36.0 Å². The predicted octanol–water partition coefficient (Wildman–Crippen LogP) is 12.0. The van der Waals surface area contributed by atoms with Crippen LogP contribution in [0.15, 0.2) is 152 Å². The van der Waals surface area contributed by atoms with Gasteiger partial charge in [0.1, 0.15) is 23.9 Å². The molecule has 11 rings (SSSR count). The van der Waals surface area contributed by atoms with Gasteiger partial charge in [-0.3, -0.25) is 0 Å². The van der Waals surface area contributed by atoms with E-state index in [0.717, 1.165) is 84.1 Å². The van der Waals surface area contributed by atoms with Crippen molar-refractivity contribution in [3.63, 3.8) is 0 Å². The molecule has 65 heavy (non-hydrogen) atoms. The Morgan fingerprint density at radius 3 is 2.03 bits per heavy atom. The van der Waals surface area contributed by atoms with E-state index in [2.05, 4.69) is 84.9 Å². The standard InChI is InChI=1S/C56H52O9/c1-57-51-45-20-9-8-15-39(45)24-26-47(51)54-62-35-38-22-23-40-25-28-50(55(59-3,60-4)42-17-6-5-7-18-42)53(48(40)33-38)61-34-37-14-12-19-43(32-37)56(64-30-10-11-31-65-56)49-29-27-44-41(36-63-54)16-13-21-46(44)52(49)58-2/h5-9,12-29,32-33,54H,10-11,30-31,34-36H2,1-4H3. The molecule has 0 amide bonds. The van der Waals surface area contributed by atoms with Gasteiger partial charge in [-0.15, -0.1) is 0 Å². The van der Waals surface area contributed by atoms with Crippen LogP contribution in [0.25, 0.3) is 32.3 Å². The third-order valence-electron chi connectivity index (χ3n) is 12.8. The molecule has 9 nitrogen and oxygen atoms in total. The van der Waals surface area contributed by atoms with E-state index in [1.165, 1.54) is 0 Å². The zero-order chi connectivity index (χ0) is 44.4. The van der Waals surface area contributed by atoms with Crippen molar-refractivity contribution in [2.24, 2.45) is 0 Å². The molecule has 8 aromatic carbocycles. The van der Waals surface area contributed by atoms with Gasteiger partial charge < -0.3 is 42.6 Å². The van der Waals surface area contributed by atoms with Crippen LogP contribution in [0, 0.1) is 0 Å². The SMILES string of the molecule is COc1c(C2OCc3ccc4ccc(C(OC)(OC)c5ccccc5)c(c4c3)OCc3cccc(c3)C3(OCCCCO3)c3ccc4c(cccc4c3OC)CO2)ccc2ccccc12. The molecule has 1 spiro atoms. The molecule has 0 aromatic heterocycles. The first kappa shape index (κ1) is 42.6. The quantitative estimate of drug-likeness (QED) is 0.145. The molecule has 1 fully saturated rings. The van der Waals surface area contributed by atoms with Crippen molar-refractivity contribution in [2.45, 2.75) is 50.5 Å². The summed E-state index contributed by atoms with van der Waals surface area (Å²) in [5.41, 5.74) is 6.72. The summed E-state index contributed by atoms with van der Waals surface area (Å²) < 4.78 is 59.8. The lowest BCUT2D eigenvalue weighted by molar-refractivity contribution is -0.205. The lowest BCUT2D eigenvalue weighted by Gasteiger charge is -2.35. The first-order valence-electron chi connectivity index (χ1n) is 22.1. The Morgan fingerprint density at radius 1 is 0.538 bits per heavy atom. The summed E-state index contributed by atoms with van der Waals surface area (Å²) in [6.07, 6.45) is 0.908. The first-order valence-corrected chi connectivity index (χ1v) is 22.1. The van der Waals surface area contributed by atoms with E-state index < -0.39 is 17.9 Å². The fourth-order valence-corrected chi connectivity index (χ4v) is 9.61. The van der Waals surface area contributed by atoms with Crippen LogP contribution in [0.1, 0.15) is 63.6 Å². The molecule has 0 radical (unpaired) electrons. The molecule has 3 heterocycles. The van der Waals surface area contributed by atoms with Gasteiger partial charge in [0.15, 0.2) is 6.29 Å². The van der Waals surface area contributed by atoms with Crippen LogP contribution < -0.4 is 14.2 Å². The molecule has 1 atom stereocenters. The van der Waals surface area contributed by atoms with E-state index in [1.54, 1.807) is 28.4 Å². The summed E-state index contributed by atoms with van der Waals surface area (Å²) in [5, 5.41) is 5.75. The highest BCUT2D eigenvalue weighted by Crippen LogP contribution is 2.47. The van der Waals surface area contributed by atoms with E-state index in [9.17, 15) is 0 Å². The highest BCUT2D eigenvalue weighted by atomic mass is 16.7. The number of rotatable bonds is 7. The summed E-state index contributed by atoms with van der Waals surface area (Å²) in [6.45, 7) is 1.68. The third-order valence-corrected chi connectivity index (χ3v) is 12.8. The zero-order valence-electron chi connectivity index (χ0n) is 37.1. The second-order valence-corrected chi connectivity index (χ2v) is 16.4. The average molecular weight is 869 g/mol. The minimum atomic E-state index is -1.30. The van der Waals surface area contributed by atoms with Crippen LogP contribution in [0.3, 0.4) is 0 Å². The first-order chi connectivity index (χ1) is 32.0. The summed E-state index contributed by atoms with van der Waals surface area (Å²) in [7, 11) is 6.70. The molecule has 8 bridgehead atoms. The predicted molar refractivity (Wildman–Crippen MR) is 251 cm³/mol. The van der Waals surface area contributed by atoms with Gasteiger partial charge in [-0.05, 0) is 76.0 Å². The maximum atomic E-state index is 7.08. The summed E-state index contributed by atoms with van der Waals surface area (Å²) in [4.78, 5) is 0. The minimum absolute atomic E-state index is 0.213. The maximum Gasteiger partial charge on any atom is 0.226 e. The van der Waals surface area contributed by atoms with Crippen LogP contribution in [0.2, 0.25) is 0 Å². The van der Waals surface area contributed by atoms with E-state index in [-0.39, 0.29) is 19.8 Å². The average Bonchev–Trinajstić information content (AvgIpc) is 3.63. The topological polar surface area (TPSA) is 83.1 Å². The fourth-order valence-electron chi connectivity index (χ4n) is 9.61. The Morgan fingerprint density at radius 2 is 1.23 bits per heavy atom. The largest absolute Gasteiger partial charge is 0.496 e.